The molecule has 1 nitrogen and oxygen atoms in total. The SMILES string of the molecule is CC(C)c1ccccc1NCc1ccc(C(C)(C)C)s1. The number of thiophene rings is 1. The topological polar surface area (TPSA) is 12.0 Å². The molecule has 0 aliphatic carbocycles. The Labute approximate surface area is 127 Å². The summed E-state index contributed by atoms with van der Waals surface area (Å²) < 4.78 is 0. The minimum absolute atomic E-state index is 0.249. The Hall–Kier alpha value is -1.28. The molecule has 0 saturated heterocycles. The van der Waals surface area contributed by atoms with Crippen molar-refractivity contribution in [3.8, 4) is 0 Å². The highest BCUT2D eigenvalue weighted by molar-refractivity contribution is 7.12. The summed E-state index contributed by atoms with van der Waals surface area (Å²) in [5.41, 5.74) is 2.90. The van der Waals surface area contributed by atoms with Crippen molar-refractivity contribution in [2.24, 2.45) is 0 Å². The maximum Gasteiger partial charge on any atom is 0.0494 e. The van der Waals surface area contributed by atoms with Crippen LogP contribution in [0.15, 0.2) is 36.4 Å². The molecule has 20 heavy (non-hydrogen) atoms. The highest BCUT2D eigenvalue weighted by Gasteiger charge is 2.16. The Bertz CT molecular complexity index is 561. The van der Waals surface area contributed by atoms with Crippen LogP contribution in [0.1, 0.15) is 55.9 Å². The number of hydrogen-bond donors (Lipinski definition) is 1. The molecular weight excluding hydrogens is 262 g/mol. The van der Waals surface area contributed by atoms with Crippen LogP contribution in [0.4, 0.5) is 5.69 Å². The average molecular weight is 287 g/mol. The van der Waals surface area contributed by atoms with Gasteiger partial charge >= 0.3 is 0 Å². The summed E-state index contributed by atoms with van der Waals surface area (Å²) >= 11 is 1.91. The van der Waals surface area contributed by atoms with Crippen molar-refractivity contribution in [1.29, 1.82) is 0 Å². The molecular formula is C18H25NS. The first-order chi connectivity index (χ1) is 9.38. The van der Waals surface area contributed by atoms with Gasteiger partial charge in [-0.05, 0) is 35.1 Å². The Kier molecular flexibility index (Phi) is 4.54. The molecule has 0 atom stereocenters. The maximum absolute atomic E-state index is 3.59. The summed E-state index contributed by atoms with van der Waals surface area (Å²) in [6.07, 6.45) is 0. The van der Waals surface area contributed by atoms with Crippen molar-refractivity contribution >= 4 is 17.0 Å². The van der Waals surface area contributed by atoms with Crippen LogP contribution in [-0.4, -0.2) is 0 Å². The molecule has 2 heteroatoms. The standard InChI is InChI=1S/C18H25NS/c1-13(2)15-8-6-7-9-16(15)19-12-14-10-11-17(20-14)18(3,4)5/h6-11,13,19H,12H2,1-5H3. The van der Waals surface area contributed by atoms with E-state index < -0.39 is 0 Å². The van der Waals surface area contributed by atoms with Crippen LogP contribution in [0, 0.1) is 0 Å². The normalized spacial score (nSPS) is 11.9. The summed E-state index contributed by atoms with van der Waals surface area (Å²) in [5.74, 6) is 0.548. The lowest BCUT2D eigenvalue weighted by molar-refractivity contribution is 0.604. The van der Waals surface area contributed by atoms with Gasteiger partial charge in [0, 0.05) is 22.0 Å². The lowest BCUT2D eigenvalue weighted by Gasteiger charge is -2.16. The smallest absolute Gasteiger partial charge is 0.0494 e. The van der Waals surface area contributed by atoms with Crippen LogP contribution < -0.4 is 5.32 Å². The summed E-state index contributed by atoms with van der Waals surface area (Å²) in [4.78, 5) is 2.85. The average Bonchev–Trinajstić information content (AvgIpc) is 2.85. The van der Waals surface area contributed by atoms with Crippen molar-refractivity contribution in [3.63, 3.8) is 0 Å². The van der Waals surface area contributed by atoms with Crippen LogP contribution in [0.5, 0.6) is 0 Å². The molecule has 1 heterocycles. The van der Waals surface area contributed by atoms with Gasteiger partial charge in [-0.25, -0.2) is 0 Å². The fourth-order valence-corrected chi connectivity index (χ4v) is 3.22. The minimum atomic E-state index is 0.249. The second-order valence-electron chi connectivity index (χ2n) is 6.61. The van der Waals surface area contributed by atoms with E-state index in [0.717, 1.165) is 6.54 Å². The van der Waals surface area contributed by atoms with E-state index in [0.29, 0.717) is 5.92 Å². The Balaban J connectivity index is 2.08. The lowest BCUT2D eigenvalue weighted by Crippen LogP contribution is -2.07. The summed E-state index contributed by atoms with van der Waals surface area (Å²) in [7, 11) is 0. The zero-order valence-corrected chi connectivity index (χ0v) is 14.0. The number of anilines is 1. The lowest BCUT2D eigenvalue weighted by atomic mass is 9.95. The molecule has 0 aliphatic rings. The van der Waals surface area contributed by atoms with Crippen molar-refractivity contribution in [3.05, 3.63) is 51.7 Å². The largest absolute Gasteiger partial charge is 0.380 e. The molecule has 0 aliphatic heterocycles. The van der Waals surface area contributed by atoms with Gasteiger partial charge < -0.3 is 5.32 Å². The van der Waals surface area contributed by atoms with E-state index >= 15 is 0 Å². The third kappa shape index (κ3) is 3.63. The molecule has 0 spiro atoms. The van der Waals surface area contributed by atoms with E-state index in [1.807, 2.05) is 11.3 Å². The molecule has 0 bridgehead atoms. The van der Waals surface area contributed by atoms with Gasteiger partial charge in [0.05, 0.1) is 0 Å². The monoisotopic (exact) mass is 287 g/mol. The van der Waals surface area contributed by atoms with E-state index in [9.17, 15) is 0 Å². The molecule has 0 amide bonds. The van der Waals surface area contributed by atoms with E-state index in [1.165, 1.54) is 21.0 Å². The van der Waals surface area contributed by atoms with Gasteiger partial charge in [0.2, 0.25) is 0 Å². The molecule has 1 N–H and O–H groups in total. The van der Waals surface area contributed by atoms with Crippen LogP contribution in [0.2, 0.25) is 0 Å². The second-order valence-corrected chi connectivity index (χ2v) is 7.78. The van der Waals surface area contributed by atoms with Gasteiger partial charge in [-0.15, -0.1) is 11.3 Å². The first-order valence-electron chi connectivity index (χ1n) is 7.30. The van der Waals surface area contributed by atoms with E-state index in [1.54, 1.807) is 0 Å². The van der Waals surface area contributed by atoms with Crippen molar-refractivity contribution in [2.75, 3.05) is 5.32 Å². The summed E-state index contributed by atoms with van der Waals surface area (Å²) in [5, 5.41) is 3.59. The van der Waals surface area contributed by atoms with Gasteiger partial charge in [-0.1, -0.05) is 52.8 Å². The van der Waals surface area contributed by atoms with Gasteiger partial charge in [-0.3, -0.25) is 0 Å². The summed E-state index contributed by atoms with van der Waals surface area (Å²) in [6.45, 7) is 12.2. The zero-order valence-electron chi connectivity index (χ0n) is 13.2. The molecule has 1 aromatic carbocycles. The molecule has 2 rings (SSSR count). The number of nitrogens with one attached hydrogen (secondary N) is 1. The number of hydrogen-bond acceptors (Lipinski definition) is 2. The molecule has 0 radical (unpaired) electrons. The minimum Gasteiger partial charge on any atom is -0.380 e. The first kappa shape index (κ1) is 15.1. The maximum atomic E-state index is 3.59. The molecule has 108 valence electrons. The Morgan fingerprint density at radius 2 is 1.75 bits per heavy atom. The predicted molar refractivity (Wildman–Crippen MR) is 90.9 cm³/mol. The van der Waals surface area contributed by atoms with Crippen molar-refractivity contribution in [1.82, 2.24) is 0 Å². The van der Waals surface area contributed by atoms with E-state index in [2.05, 4.69) is 76.3 Å². The first-order valence-corrected chi connectivity index (χ1v) is 8.11. The highest BCUT2D eigenvalue weighted by atomic mass is 32.1. The Morgan fingerprint density at radius 1 is 1.05 bits per heavy atom. The van der Waals surface area contributed by atoms with Crippen molar-refractivity contribution in [2.45, 2.75) is 52.5 Å². The zero-order chi connectivity index (χ0) is 14.8. The molecule has 1 aromatic heterocycles. The van der Waals surface area contributed by atoms with Gasteiger partial charge in [0.1, 0.15) is 0 Å². The molecule has 0 unspecified atom stereocenters. The number of para-hydroxylation sites is 1. The fourth-order valence-electron chi connectivity index (χ4n) is 2.22. The van der Waals surface area contributed by atoms with E-state index in [-0.39, 0.29) is 5.41 Å². The fraction of sp³-hybridized carbons (Fsp3) is 0.444. The van der Waals surface area contributed by atoms with Gasteiger partial charge in [0.25, 0.3) is 0 Å². The van der Waals surface area contributed by atoms with Crippen LogP contribution in [0.3, 0.4) is 0 Å². The van der Waals surface area contributed by atoms with Crippen LogP contribution in [-0.2, 0) is 12.0 Å². The Morgan fingerprint density at radius 3 is 2.35 bits per heavy atom. The number of rotatable bonds is 4. The quantitative estimate of drug-likeness (QED) is 0.751. The van der Waals surface area contributed by atoms with Gasteiger partial charge in [0.15, 0.2) is 0 Å². The highest BCUT2D eigenvalue weighted by Crippen LogP contribution is 2.30. The van der Waals surface area contributed by atoms with Crippen molar-refractivity contribution < 1.29 is 0 Å². The van der Waals surface area contributed by atoms with Crippen LogP contribution in [0.25, 0.3) is 0 Å². The molecule has 0 fully saturated rings. The van der Waals surface area contributed by atoms with Gasteiger partial charge in [-0.2, -0.15) is 0 Å². The number of benzene rings is 1. The predicted octanol–water partition coefficient (Wildman–Crippen LogP) is 5.78. The summed E-state index contributed by atoms with van der Waals surface area (Å²) in [6, 6.07) is 13.1. The van der Waals surface area contributed by atoms with Crippen LogP contribution >= 0.6 is 11.3 Å². The van der Waals surface area contributed by atoms with E-state index in [4.69, 9.17) is 0 Å². The molecule has 2 aromatic rings. The molecule has 0 saturated carbocycles. The third-order valence-electron chi connectivity index (χ3n) is 3.44. The third-order valence-corrected chi connectivity index (χ3v) is 4.95. The second kappa shape index (κ2) is 6.01.